The first kappa shape index (κ1) is 17.2. The second-order valence-corrected chi connectivity index (χ2v) is 12.5. The van der Waals surface area contributed by atoms with Crippen molar-refractivity contribution in [2.24, 2.45) is 0 Å². The van der Waals surface area contributed by atoms with Crippen LogP contribution in [-0.2, 0) is 0 Å². The molecule has 0 aliphatic heterocycles. The van der Waals surface area contributed by atoms with E-state index in [-0.39, 0.29) is 0 Å². The fourth-order valence-electron chi connectivity index (χ4n) is 2.56. The van der Waals surface area contributed by atoms with Crippen molar-refractivity contribution in [1.29, 1.82) is 0 Å². The van der Waals surface area contributed by atoms with Crippen LogP contribution in [0.25, 0.3) is 29.3 Å². The summed E-state index contributed by atoms with van der Waals surface area (Å²) in [6, 6.07) is 13.4. The number of halogens is 2. The van der Waals surface area contributed by atoms with E-state index in [4.69, 9.17) is 0 Å². The van der Waals surface area contributed by atoms with Crippen molar-refractivity contribution in [3.63, 3.8) is 0 Å². The highest BCUT2D eigenvalue weighted by atomic mass is 79.9. The molecule has 6 heteroatoms. The van der Waals surface area contributed by atoms with Gasteiger partial charge in [0.25, 0.3) is 0 Å². The van der Waals surface area contributed by atoms with Crippen LogP contribution in [0.2, 0.25) is 0 Å². The van der Waals surface area contributed by atoms with Crippen LogP contribution in [0.5, 0.6) is 0 Å². The van der Waals surface area contributed by atoms with Crippen molar-refractivity contribution in [3.05, 3.63) is 55.1 Å². The second kappa shape index (κ2) is 6.82. The molecule has 4 aromatic heterocycles. The van der Waals surface area contributed by atoms with Gasteiger partial charge in [0.1, 0.15) is 0 Å². The van der Waals surface area contributed by atoms with Gasteiger partial charge in [-0.25, -0.2) is 0 Å². The Morgan fingerprint density at radius 2 is 0.958 bits per heavy atom. The molecular weight excluding hydrogens is 504 g/mol. The van der Waals surface area contributed by atoms with Gasteiger partial charge in [-0.05, 0) is 93.2 Å². The Morgan fingerprint density at radius 1 is 0.583 bits per heavy atom. The second-order valence-electron chi connectivity index (χ2n) is 5.45. The number of aryl methyl sites for hydroxylation is 2. The molecule has 4 rings (SSSR count). The zero-order valence-corrected chi connectivity index (χ0v) is 19.3. The maximum Gasteiger partial charge on any atom is 0.0708 e. The van der Waals surface area contributed by atoms with Crippen molar-refractivity contribution in [1.82, 2.24) is 0 Å². The minimum Gasteiger partial charge on any atom is -0.134 e. The van der Waals surface area contributed by atoms with Crippen LogP contribution < -0.4 is 0 Å². The van der Waals surface area contributed by atoms with E-state index in [2.05, 4.69) is 82.1 Å². The molecule has 0 nitrogen and oxygen atoms in total. The van der Waals surface area contributed by atoms with Crippen LogP contribution in [0.15, 0.2) is 44.0 Å². The van der Waals surface area contributed by atoms with E-state index >= 15 is 0 Å². The van der Waals surface area contributed by atoms with Gasteiger partial charge in [-0.2, -0.15) is 0 Å². The van der Waals surface area contributed by atoms with E-state index in [0.717, 1.165) is 0 Å². The van der Waals surface area contributed by atoms with Crippen LogP contribution in [0, 0.1) is 13.8 Å². The number of hydrogen-bond acceptors (Lipinski definition) is 4. The zero-order valence-electron chi connectivity index (χ0n) is 12.9. The molecule has 122 valence electrons. The SMILES string of the molecule is Cc1cc(Br)sc1-c1ccc(-c2ccc(-c3sc(Br)cc3C)s2)s1. The van der Waals surface area contributed by atoms with Crippen LogP contribution in [0.1, 0.15) is 11.1 Å². The number of hydrogen-bond donors (Lipinski definition) is 0. The quantitative estimate of drug-likeness (QED) is 0.255. The normalized spacial score (nSPS) is 11.3. The first-order valence-corrected chi connectivity index (χ1v) is 12.1. The molecule has 0 spiro atoms. The van der Waals surface area contributed by atoms with Crippen molar-refractivity contribution >= 4 is 77.2 Å². The van der Waals surface area contributed by atoms with E-state index in [1.54, 1.807) is 0 Å². The average molecular weight is 516 g/mol. The molecule has 0 amide bonds. The number of rotatable bonds is 3. The monoisotopic (exact) mass is 514 g/mol. The molecule has 0 saturated carbocycles. The summed E-state index contributed by atoms with van der Waals surface area (Å²) >= 11 is 14.6. The fourth-order valence-corrected chi connectivity index (χ4v) is 8.47. The molecular formula is C18H12Br2S4. The Balaban J connectivity index is 1.68. The van der Waals surface area contributed by atoms with Gasteiger partial charge in [-0.15, -0.1) is 45.3 Å². The van der Waals surface area contributed by atoms with E-state index in [1.807, 2.05) is 45.3 Å². The molecule has 24 heavy (non-hydrogen) atoms. The number of thiophene rings is 4. The van der Waals surface area contributed by atoms with Gasteiger partial charge in [0.2, 0.25) is 0 Å². The summed E-state index contributed by atoms with van der Waals surface area (Å²) in [6.07, 6.45) is 0. The molecule has 4 aromatic rings. The molecule has 0 radical (unpaired) electrons. The van der Waals surface area contributed by atoms with Gasteiger partial charge >= 0.3 is 0 Å². The summed E-state index contributed by atoms with van der Waals surface area (Å²) in [5.41, 5.74) is 2.68. The lowest BCUT2D eigenvalue weighted by Crippen LogP contribution is -1.66. The molecule has 0 N–H and O–H groups in total. The van der Waals surface area contributed by atoms with Crippen molar-refractivity contribution in [2.75, 3.05) is 0 Å². The average Bonchev–Trinajstić information content (AvgIpc) is 3.25. The Bertz CT molecular complexity index is 933. The molecule has 0 atom stereocenters. The molecule has 0 aromatic carbocycles. The standard InChI is InChI=1S/C18H12Br2S4/c1-9-7-15(19)23-17(9)13-5-3-11(21-13)12-4-6-14(22-12)18-10(2)8-16(20)24-18/h3-8H,1-2H3. The largest absolute Gasteiger partial charge is 0.134 e. The summed E-state index contributed by atoms with van der Waals surface area (Å²) in [4.78, 5) is 8.13. The lowest BCUT2D eigenvalue weighted by molar-refractivity contribution is 1.55. The minimum absolute atomic E-state index is 1.20. The third-order valence-electron chi connectivity index (χ3n) is 3.68. The van der Waals surface area contributed by atoms with Crippen LogP contribution in [0.4, 0.5) is 0 Å². The Morgan fingerprint density at radius 3 is 1.29 bits per heavy atom. The minimum atomic E-state index is 1.20. The summed E-state index contributed by atoms with van der Waals surface area (Å²) in [5, 5.41) is 0. The third-order valence-corrected chi connectivity index (χ3v) is 9.88. The highest BCUT2D eigenvalue weighted by Gasteiger charge is 2.14. The van der Waals surface area contributed by atoms with Crippen LogP contribution in [0.3, 0.4) is 0 Å². The maximum atomic E-state index is 3.59. The Kier molecular flexibility index (Phi) is 4.88. The molecule has 0 aliphatic rings. The van der Waals surface area contributed by atoms with E-state index < -0.39 is 0 Å². The fraction of sp³-hybridized carbons (Fsp3) is 0.111. The molecule has 0 saturated heterocycles. The molecule has 0 aliphatic carbocycles. The summed E-state index contributed by atoms with van der Waals surface area (Å²) in [7, 11) is 0. The van der Waals surface area contributed by atoms with Crippen molar-refractivity contribution in [2.45, 2.75) is 13.8 Å². The van der Waals surface area contributed by atoms with Gasteiger partial charge in [-0.3, -0.25) is 0 Å². The van der Waals surface area contributed by atoms with Gasteiger partial charge in [0, 0.05) is 29.3 Å². The summed E-state index contributed by atoms with van der Waals surface area (Å²) < 4.78 is 2.39. The maximum absolute atomic E-state index is 3.59. The zero-order chi connectivity index (χ0) is 16.8. The summed E-state index contributed by atoms with van der Waals surface area (Å²) in [5.74, 6) is 0. The molecule has 0 bridgehead atoms. The van der Waals surface area contributed by atoms with E-state index in [0.29, 0.717) is 0 Å². The smallest absolute Gasteiger partial charge is 0.0708 e. The topological polar surface area (TPSA) is 0 Å². The first-order chi connectivity index (χ1) is 11.5. The third kappa shape index (κ3) is 3.24. The van der Waals surface area contributed by atoms with Crippen LogP contribution in [-0.4, -0.2) is 0 Å². The predicted molar refractivity (Wildman–Crippen MR) is 119 cm³/mol. The van der Waals surface area contributed by atoms with Crippen LogP contribution >= 0.6 is 77.2 Å². The van der Waals surface area contributed by atoms with Crippen molar-refractivity contribution < 1.29 is 0 Å². The lowest BCUT2D eigenvalue weighted by atomic mass is 10.2. The van der Waals surface area contributed by atoms with Gasteiger partial charge in [-0.1, -0.05) is 0 Å². The first-order valence-electron chi connectivity index (χ1n) is 7.24. The molecule has 4 heterocycles. The Hall–Kier alpha value is -0.240. The summed E-state index contributed by atoms with van der Waals surface area (Å²) in [6.45, 7) is 4.35. The van der Waals surface area contributed by atoms with E-state index in [9.17, 15) is 0 Å². The lowest BCUT2D eigenvalue weighted by Gasteiger charge is -1.95. The Labute approximate surface area is 174 Å². The molecule has 0 unspecified atom stereocenters. The van der Waals surface area contributed by atoms with Crippen molar-refractivity contribution in [3.8, 4) is 29.3 Å². The van der Waals surface area contributed by atoms with Gasteiger partial charge in [0.15, 0.2) is 0 Å². The highest BCUT2D eigenvalue weighted by molar-refractivity contribution is 9.11. The predicted octanol–water partition coefficient (Wildman–Crippen LogP) is 9.08. The highest BCUT2D eigenvalue weighted by Crippen LogP contribution is 2.45. The van der Waals surface area contributed by atoms with E-state index in [1.165, 1.54) is 48.0 Å². The van der Waals surface area contributed by atoms with Gasteiger partial charge in [0.05, 0.1) is 7.57 Å². The van der Waals surface area contributed by atoms with Gasteiger partial charge < -0.3 is 0 Å². The molecule has 0 fully saturated rings.